The largest absolute Gasteiger partial charge is 0.497 e. The molecule has 0 amide bonds. The lowest BCUT2D eigenvalue weighted by Gasteiger charge is -2.22. The number of furan rings is 1. The number of rotatable bonds is 8. The van der Waals surface area contributed by atoms with E-state index in [1.165, 1.54) is 31.5 Å². The molecule has 1 aliphatic heterocycles. The van der Waals surface area contributed by atoms with Crippen LogP contribution in [0.25, 0.3) is 11.3 Å². The minimum absolute atomic E-state index is 0.0540. The normalized spacial score (nSPS) is 16.2. The maximum absolute atomic E-state index is 15.1. The summed E-state index contributed by atoms with van der Waals surface area (Å²) >= 11 is 0. The number of aliphatic imine (C=N–C) groups is 1. The van der Waals surface area contributed by atoms with Gasteiger partial charge in [-0.3, -0.25) is 15.1 Å². The van der Waals surface area contributed by atoms with Gasteiger partial charge in [0.05, 0.1) is 23.9 Å². The number of halogens is 1. The van der Waals surface area contributed by atoms with Gasteiger partial charge in [0.25, 0.3) is 5.69 Å². The predicted octanol–water partition coefficient (Wildman–Crippen LogP) is 6.51. The van der Waals surface area contributed by atoms with E-state index >= 15 is 4.39 Å². The topological polar surface area (TPSA) is 149 Å². The summed E-state index contributed by atoms with van der Waals surface area (Å²) in [5.74, 6) is -0.442. The van der Waals surface area contributed by atoms with Crippen LogP contribution in [0.5, 0.6) is 17.2 Å². The first-order chi connectivity index (χ1) is 18.8. The highest BCUT2D eigenvalue weighted by Gasteiger charge is 2.35. The first kappa shape index (κ1) is 25.3. The van der Waals surface area contributed by atoms with Crippen molar-refractivity contribution in [2.45, 2.75) is 12.1 Å². The summed E-state index contributed by atoms with van der Waals surface area (Å²) in [7, 11) is 1.52. The molecule has 2 unspecified atom stereocenters. The number of non-ortho nitro benzene ring substituents is 1. The summed E-state index contributed by atoms with van der Waals surface area (Å²) < 4.78 is 31.5. The number of azo groups is 1. The number of hydrogen-bond acceptors (Lipinski definition) is 9. The fraction of sp³-hybridized carbons (Fsp3) is 0.111. The Balaban J connectivity index is 1.41. The molecule has 0 spiro atoms. The molecule has 1 aliphatic rings. The van der Waals surface area contributed by atoms with Gasteiger partial charge in [-0.2, -0.15) is 10.2 Å². The monoisotopic (exact) mass is 530 g/mol. The van der Waals surface area contributed by atoms with E-state index in [1.54, 1.807) is 48.5 Å². The summed E-state index contributed by atoms with van der Waals surface area (Å²) in [4.78, 5) is 26.6. The van der Waals surface area contributed by atoms with E-state index in [2.05, 4.69) is 15.2 Å². The highest BCUT2D eigenvalue weighted by molar-refractivity contribution is 5.80. The Morgan fingerprint density at radius 2 is 1.82 bits per heavy atom. The van der Waals surface area contributed by atoms with Crippen LogP contribution in [0.2, 0.25) is 0 Å². The number of methoxy groups -OCH3 is 1. The van der Waals surface area contributed by atoms with E-state index < -0.39 is 28.8 Å². The van der Waals surface area contributed by atoms with Crippen molar-refractivity contribution in [1.29, 1.82) is 0 Å². The van der Waals surface area contributed by atoms with Gasteiger partial charge in [-0.05, 0) is 54.6 Å². The molecule has 4 aromatic rings. The summed E-state index contributed by atoms with van der Waals surface area (Å²) in [6.45, 7) is 0. The van der Waals surface area contributed by atoms with Crippen molar-refractivity contribution in [2.75, 3.05) is 7.11 Å². The molecule has 12 heteroatoms. The summed E-state index contributed by atoms with van der Waals surface area (Å²) in [5.41, 5.74) is 0.981. The van der Waals surface area contributed by atoms with Crippen LogP contribution in [0.1, 0.15) is 17.4 Å². The molecule has 1 aromatic heterocycles. The number of benzene rings is 3. The molecule has 2 atom stereocenters. The highest BCUT2D eigenvalue weighted by Crippen LogP contribution is 2.41. The van der Waals surface area contributed by atoms with Gasteiger partial charge >= 0.3 is 5.97 Å². The zero-order chi connectivity index (χ0) is 27.5. The maximum atomic E-state index is 15.1. The fourth-order valence-corrected chi connectivity index (χ4v) is 3.91. The number of aliphatic carboxylic acids is 1. The van der Waals surface area contributed by atoms with Gasteiger partial charge in [0, 0.05) is 29.3 Å². The van der Waals surface area contributed by atoms with Crippen molar-refractivity contribution in [3.63, 3.8) is 0 Å². The van der Waals surface area contributed by atoms with Crippen LogP contribution in [-0.4, -0.2) is 35.4 Å². The van der Waals surface area contributed by atoms with Crippen molar-refractivity contribution >= 4 is 23.6 Å². The first-order valence-corrected chi connectivity index (χ1v) is 11.5. The van der Waals surface area contributed by atoms with Crippen LogP contribution < -0.4 is 9.47 Å². The van der Waals surface area contributed by atoms with E-state index in [1.807, 2.05) is 0 Å². The predicted molar refractivity (Wildman–Crippen MR) is 137 cm³/mol. The van der Waals surface area contributed by atoms with Gasteiger partial charge in [-0.25, -0.2) is 9.18 Å². The van der Waals surface area contributed by atoms with Gasteiger partial charge in [0.1, 0.15) is 29.1 Å². The molecule has 0 radical (unpaired) electrons. The third kappa shape index (κ3) is 5.34. The van der Waals surface area contributed by atoms with Crippen molar-refractivity contribution in [3.8, 4) is 28.6 Å². The Morgan fingerprint density at radius 3 is 2.49 bits per heavy atom. The molecule has 0 fully saturated rings. The number of nitrogens with zero attached hydrogens (tertiary/aromatic N) is 4. The van der Waals surface area contributed by atoms with E-state index in [-0.39, 0.29) is 28.4 Å². The highest BCUT2D eigenvalue weighted by atomic mass is 19.1. The van der Waals surface area contributed by atoms with E-state index in [0.29, 0.717) is 22.8 Å². The van der Waals surface area contributed by atoms with Gasteiger partial charge in [0.15, 0.2) is 17.6 Å². The fourth-order valence-electron chi connectivity index (χ4n) is 3.91. The molecule has 0 aliphatic carbocycles. The van der Waals surface area contributed by atoms with Crippen LogP contribution in [0.3, 0.4) is 0 Å². The molecule has 0 bridgehead atoms. The molecule has 11 nitrogen and oxygen atoms in total. The second-order valence-electron chi connectivity index (χ2n) is 8.35. The number of carbonyl (C=O) groups is 1. The molecular formula is C27H19FN4O7. The van der Waals surface area contributed by atoms with Crippen LogP contribution in [0.4, 0.5) is 15.8 Å². The second kappa shape index (κ2) is 10.5. The molecule has 1 N–H and O–H groups in total. The number of fused-ring (bicyclic) bond motifs is 1. The molecule has 0 saturated heterocycles. The number of hydrogen-bond donors (Lipinski definition) is 1. The summed E-state index contributed by atoms with van der Waals surface area (Å²) in [6.07, 6.45) is 1.32. The van der Waals surface area contributed by atoms with Crippen LogP contribution >= 0.6 is 0 Å². The molecule has 196 valence electrons. The molecule has 39 heavy (non-hydrogen) atoms. The number of carboxylic acids is 1. The molecule has 5 rings (SSSR count). The third-order valence-corrected chi connectivity index (χ3v) is 5.88. The molecule has 0 saturated carbocycles. The first-order valence-electron chi connectivity index (χ1n) is 11.5. The average Bonchev–Trinajstić information content (AvgIpc) is 3.41. The van der Waals surface area contributed by atoms with Crippen LogP contribution in [0, 0.1) is 15.9 Å². The zero-order valence-electron chi connectivity index (χ0n) is 20.2. The van der Waals surface area contributed by atoms with E-state index in [4.69, 9.17) is 13.9 Å². The number of ether oxygens (including phenoxy) is 2. The lowest BCUT2D eigenvalue weighted by molar-refractivity contribution is -0.384. The van der Waals surface area contributed by atoms with Crippen molar-refractivity contribution in [3.05, 3.63) is 100 Å². The van der Waals surface area contributed by atoms with Crippen molar-refractivity contribution in [2.24, 2.45) is 15.2 Å². The summed E-state index contributed by atoms with van der Waals surface area (Å²) in [5, 5.41) is 28.4. The van der Waals surface area contributed by atoms with Crippen molar-refractivity contribution < 1.29 is 33.1 Å². The number of nitro groups is 1. The number of nitro benzene ring substituents is 1. The molecule has 2 heterocycles. The minimum atomic E-state index is -1.38. The second-order valence-corrected chi connectivity index (χ2v) is 8.35. The van der Waals surface area contributed by atoms with Gasteiger partial charge < -0.3 is 19.0 Å². The Labute approximate surface area is 220 Å². The smallest absolute Gasteiger partial charge is 0.333 e. The van der Waals surface area contributed by atoms with Crippen molar-refractivity contribution in [1.82, 2.24) is 0 Å². The molecule has 3 aromatic carbocycles. The van der Waals surface area contributed by atoms with Gasteiger partial charge in [0.2, 0.25) is 0 Å². The summed E-state index contributed by atoms with van der Waals surface area (Å²) in [6, 6.07) is 15.6. The quantitative estimate of drug-likeness (QED) is 0.155. The number of carboxylic acid groups (broad SMARTS) is 1. The Morgan fingerprint density at radius 1 is 1.10 bits per heavy atom. The lowest BCUT2D eigenvalue weighted by atomic mass is 9.97. The third-order valence-electron chi connectivity index (χ3n) is 5.88. The van der Waals surface area contributed by atoms with Gasteiger partial charge in [-0.15, -0.1) is 0 Å². The average molecular weight is 530 g/mol. The lowest BCUT2D eigenvalue weighted by Crippen LogP contribution is -2.27. The van der Waals surface area contributed by atoms with E-state index in [9.17, 15) is 20.0 Å². The Hall–Kier alpha value is -5.39. The standard InChI is InChI=1S/C27H19FN4O7/c1-37-17-6-8-18(9-7-17)38-24-13-22-20(12-21(24)28)25(26(27(33)34)31-30-22)29-14-19-10-11-23(39-19)15-2-4-16(5-3-15)32(35)36/h2-14,25-26H,1H3,(H,33,34). The SMILES string of the molecule is COc1ccc(Oc2cc3c(cc2F)C(N=Cc2ccc(-c4ccc([N+](=O)[O-])cc4)o2)C(C(=O)O)N=N3)cc1. The van der Waals surface area contributed by atoms with Crippen LogP contribution in [0.15, 0.2) is 92.4 Å². The molecular weight excluding hydrogens is 511 g/mol. The minimum Gasteiger partial charge on any atom is -0.497 e. The Kier molecular flexibility index (Phi) is 6.83. The zero-order valence-corrected chi connectivity index (χ0v) is 20.2. The van der Waals surface area contributed by atoms with E-state index in [0.717, 1.165) is 6.07 Å². The van der Waals surface area contributed by atoms with Gasteiger partial charge in [-0.1, -0.05) is 0 Å². The maximum Gasteiger partial charge on any atom is 0.333 e. The Bertz CT molecular complexity index is 1600. The van der Waals surface area contributed by atoms with Crippen LogP contribution in [-0.2, 0) is 4.79 Å².